The van der Waals surface area contributed by atoms with Crippen LogP contribution in [0, 0.1) is 17.1 Å². The fraction of sp³-hybridized carbons (Fsp3) is 0.250. The van der Waals surface area contributed by atoms with E-state index in [0.29, 0.717) is 0 Å². The van der Waals surface area contributed by atoms with Gasteiger partial charge < -0.3 is 10.0 Å². The van der Waals surface area contributed by atoms with Gasteiger partial charge in [0, 0.05) is 19.2 Å². The van der Waals surface area contributed by atoms with Crippen LogP contribution < -0.4 is 5.32 Å². The number of amides is 1. The number of hydrogen-bond donors (Lipinski definition) is 3. The standard InChI is InChI=1S/C20H16ClF4N3O3/c21-12-4-1-3-11(20(23,24)25)15(12)18(29)27-14-6-2-5-13(22)16(14)17(26)28-8-7-10(9-28)19(30)31/h1-6,10,26H,7-9H2,(H,27,29)(H,30,31)/p+1. The second kappa shape index (κ2) is 8.64. The first-order chi connectivity index (χ1) is 14.5. The van der Waals surface area contributed by atoms with Gasteiger partial charge in [-0.2, -0.15) is 13.2 Å². The van der Waals surface area contributed by atoms with Crippen LogP contribution in [0.2, 0.25) is 5.02 Å². The molecule has 11 heteroatoms. The predicted molar refractivity (Wildman–Crippen MR) is 103 cm³/mol. The maximum absolute atomic E-state index is 14.6. The molecule has 0 saturated carbocycles. The summed E-state index contributed by atoms with van der Waals surface area (Å²) in [4.78, 5) is 25.2. The molecule has 1 atom stereocenters. The van der Waals surface area contributed by atoms with E-state index in [1.54, 1.807) is 0 Å². The normalized spacial score (nSPS) is 16.4. The van der Waals surface area contributed by atoms with Crippen LogP contribution in [0.5, 0.6) is 0 Å². The summed E-state index contributed by atoms with van der Waals surface area (Å²) in [7, 11) is 0. The van der Waals surface area contributed by atoms with E-state index in [-0.39, 0.29) is 36.6 Å². The number of nitrogens with zero attached hydrogens (tertiary/aromatic N) is 1. The van der Waals surface area contributed by atoms with Gasteiger partial charge in [-0.25, -0.2) is 14.5 Å². The molecule has 0 spiro atoms. The van der Waals surface area contributed by atoms with Crippen molar-refractivity contribution in [3.8, 4) is 0 Å². The molecule has 1 fully saturated rings. The van der Waals surface area contributed by atoms with E-state index in [1.165, 1.54) is 17.0 Å². The van der Waals surface area contributed by atoms with Crippen LogP contribution in [0.25, 0.3) is 0 Å². The van der Waals surface area contributed by atoms with Crippen molar-refractivity contribution in [3.05, 3.63) is 63.9 Å². The highest BCUT2D eigenvalue weighted by molar-refractivity contribution is 6.33. The topological polar surface area (TPSA) is 98.1 Å². The lowest BCUT2D eigenvalue weighted by Crippen LogP contribution is -2.83. The van der Waals surface area contributed by atoms with Crippen molar-refractivity contribution in [2.45, 2.75) is 12.6 Å². The molecule has 1 heterocycles. The number of benzene rings is 2. The highest BCUT2D eigenvalue weighted by Gasteiger charge is 2.38. The highest BCUT2D eigenvalue weighted by Crippen LogP contribution is 2.34. The monoisotopic (exact) mass is 458 g/mol. The summed E-state index contributed by atoms with van der Waals surface area (Å²) >= 11 is 5.86. The van der Waals surface area contributed by atoms with Crippen molar-refractivity contribution in [3.63, 3.8) is 0 Å². The van der Waals surface area contributed by atoms with Crippen molar-refractivity contribution < 1.29 is 37.6 Å². The van der Waals surface area contributed by atoms with Gasteiger partial charge in [0.25, 0.3) is 0 Å². The zero-order chi connectivity index (χ0) is 22.9. The molecule has 1 aliphatic heterocycles. The van der Waals surface area contributed by atoms with Crippen LogP contribution >= 0.6 is 11.6 Å². The molecule has 3 rings (SSSR count). The van der Waals surface area contributed by atoms with Crippen molar-refractivity contribution in [2.75, 3.05) is 13.1 Å². The molecule has 0 aliphatic carbocycles. The number of nitrogens with one attached hydrogen (secondary N) is 1. The van der Waals surface area contributed by atoms with Gasteiger partial charge in [0.15, 0.2) is 5.69 Å². The summed E-state index contributed by atoms with van der Waals surface area (Å²) in [6.45, 7) is 0.179. The number of likely N-dealkylation sites (tertiary alicyclic amines) is 1. The Bertz CT molecular complexity index is 1060. The molecule has 6 nitrogen and oxygen atoms in total. The Hall–Kier alpha value is -2.98. The van der Waals surface area contributed by atoms with E-state index in [0.717, 1.165) is 29.6 Å². The molecule has 4 N–H and O–H groups in total. The first-order valence-electron chi connectivity index (χ1n) is 9.10. The minimum atomic E-state index is -4.83. The smallest absolute Gasteiger partial charge is 0.417 e. The molecule has 0 radical (unpaired) electrons. The number of nitrogens with two attached hydrogens (primary N) is 1. The van der Waals surface area contributed by atoms with Gasteiger partial charge in [0.2, 0.25) is 0 Å². The molecule has 1 aliphatic rings. The third kappa shape index (κ3) is 4.70. The molecule has 0 bridgehead atoms. The largest absolute Gasteiger partial charge is 0.481 e. The maximum atomic E-state index is 14.6. The van der Waals surface area contributed by atoms with Crippen LogP contribution in [-0.4, -0.2) is 40.8 Å². The maximum Gasteiger partial charge on any atom is 0.417 e. The average Bonchev–Trinajstić information content (AvgIpc) is 3.17. The van der Waals surface area contributed by atoms with Gasteiger partial charge in [-0.15, -0.1) is 0 Å². The molecule has 2 aromatic carbocycles. The summed E-state index contributed by atoms with van der Waals surface area (Å²) in [5.41, 5.74) is -2.41. The molecule has 164 valence electrons. The van der Waals surface area contributed by atoms with Gasteiger partial charge >= 0.3 is 18.1 Å². The van der Waals surface area contributed by atoms with Crippen molar-refractivity contribution in [2.24, 2.45) is 5.92 Å². The Balaban J connectivity index is 1.95. The van der Waals surface area contributed by atoms with Crippen LogP contribution in [0.3, 0.4) is 0 Å². The quantitative estimate of drug-likeness (QED) is 0.283. The van der Waals surface area contributed by atoms with Crippen LogP contribution in [0.4, 0.5) is 23.2 Å². The number of carbonyl (C=O) groups is 2. The van der Waals surface area contributed by atoms with Crippen LogP contribution in [-0.2, 0) is 11.0 Å². The molecule has 1 amide bonds. The third-order valence-corrected chi connectivity index (χ3v) is 5.30. The lowest BCUT2D eigenvalue weighted by Gasteiger charge is -2.20. The van der Waals surface area contributed by atoms with Gasteiger partial charge in [0.05, 0.1) is 16.5 Å². The predicted octanol–water partition coefficient (Wildman–Crippen LogP) is 3.27. The van der Waals surface area contributed by atoms with Crippen LogP contribution in [0.15, 0.2) is 36.4 Å². The highest BCUT2D eigenvalue weighted by atomic mass is 35.5. The first-order valence-corrected chi connectivity index (χ1v) is 9.48. The molecule has 1 saturated heterocycles. The number of quaternary nitrogens is 1. The first kappa shape index (κ1) is 22.7. The van der Waals surface area contributed by atoms with Gasteiger partial charge in [-0.05, 0) is 24.6 Å². The summed E-state index contributed by atoms with van der Waals surface area (Å²) in [6.07, 6.45) is -4.57. The van der Waals surface area contributed by atoms with E-state index in [1.807, 2.05) is 0 Å². The second-order valence-corrected chi connectivity index (χ2v) is 7.40. The Kier molecular flexibility index (Phi) is 6.33. The summed E-state index contributed by atoms with van der Waals surface area (Å²) < 4.78 is 54.6. The van der Waals surface area contributed by atoms with E-state index in [9.17, 15) is 27.2 Å². The molecule has 0 aromatic heterocycles. The number of halogens is 5. The van der Waals surface area contributed by atoms with Gasteiger partial charge in [-0.1, -0.05) is 23.7 Å². The second-order valence-electron chi connectivity index (χ2n) is 6.99. The average molecular weight is 459 g/mol. The van der Waals surface area contributed by atoms with E-state index in [4.69, 9.17) is 22.1 Å². The number of alkyl halides is 3. The number of amidine groups is 1. The number of aliphatic carboxylic acids is 1. The van der Waals surface area contributed by atoms with E-state index < -0.39 is 45.9 Å². The fourth-order valence-corrected chi connectivity index (χ4v) is 3.73. The SMILES string of the molecule is N=C(c1c(F)cccc1[NH2+]C(=O)c1c(Cl)cccc1C(F)(F)F)N1CCC(C(=O)O)C1. The third-order valence-electron chi connectivity index (χ3n) is 4.99. The van der Waals surface area contributed by atoms with Gasteiger partial charge in [-0.3, -0.25) is 10.2 Å². The minimum absolute atomic E-state index is 0.0153. The molecule has 31 heavy (non-hydrogen) atoms. The number of rotatable bonds is 4. The Labute approximate surface area is 178 Å². The summed E-state index contributed by atoms with van der Waals surface area (Å²) in [5.74, 6) is -4.07. The number of hydrogen-bond acceptors (Lipinski definition) is 3. The number of primary amides is 1. The molecular formula is C20H17ClF4N3O3+. The van der Waals surface area contributed by atoms with Crippen molar-refractivity contribution >= 4 is 35.0 Å². The summed E-state index contributed by atoms with van der Waals surface area (Å²) in [5, 5.41) is 17.8. The van der Waals surface area contributed by atoms with E-state index >= 15 is 0 Å². The Morgan fingerprint density at radius 2 is 1.84 bits per heavy atom. The number of carboxylic acids is 1. The lowest BCUT2D eigenvalue weighted by molar-refractivity contribution is -0.464. The number of carbonyl (C=O) groups excluding carboxylic acids is 1. The Morgan fingerprint density at radius 3 is 2.45 bits per heavy atom. The minimum Gasteiger partial charge on any atom is -0.481 e. The fourth-order valence-electron chi connectivity index (χ4n) is 3.46. The van der Waals surface area contributed by atoms with Gasteiger partial charge in [0.1, 0.15) is 22.8 Å². The molecule has 2 aromatic rings. The zero-order valence-corrected chi connectivity index (χ0v) is 16.6. The Morgan fingerprint density at radius 1 is 1.16 bits per heavy atom. The van der Waals surface area contributed by atoms with Crippen LogP contribution in [0.1, 0.15) is 27.9 Å². The lowest BCUT2D eigenvalue weighted by atomic mass is 10.0. The number of carboxylic acid groups (broad SMARTS) is 1. The van der Waals surface area contributed by atoms with E-state index in [2.05, 4.69) is 0 Å². The molecular weight excluding hydrogens is 442 g/mol. The van der Waals surface area contributed by atoms with Crippen molar-refractivity contribution in [1.29, 1.82) is 5.41 Å². The molecule has 1 unspecified atom stereocenters. The zero-order valence-electron chi connectivity index (χ0n) is 15.8. The summed E-state index contributed by atoms with van der Waals surface area (Å²) in [6, 6.07) is 6.53. The van der Waals surface area contributed by atoms with Crippen molar-refractivity contribution in [1.82, 2.24) is 4.90 Å².